The van der Waals surface area contributed by atoms with E-state index in [-0.39, 0.29) is 23.2 Å². The van der Waals surface area contributed by atoms with Crippen LogP contribution in [0.3, 0.4) is 0 Å². The normalized spacial score (nSPS) is 11.3. The van der Waals surface area contributed by atoms with Crippen LogP contribution < -0.4 is 5.32 Å². The van der Waals surface area contributed by atoms with Crippen molar-refractivity contribution in [2.24, 2.45) is 0 Å². The van der Waals surface area contributed by atoms with Crippen LogP contribution in [-0.4, -0.2) is 24.5 Å². The summed E-state index contributed by atoms with van der Waals surface area (Å²) in [5.74, 6) is -1.47. The second kappa shape index (κ2) is 7.67. The summed E-state index contributed by atoms with van der Waals surface area (Å²) in [5, 5.41) is 6.68. The lowest BCUT2D eigenvalue weighted by molar-refractivity contribution is 0.0907. The number of carbonyl (C=O) groups is 1. The van der Waals surface area contributed by atoms with Crippen molar-refractivity contribution in [3.8, 4) is 0 Å². The first-order valence-electron chi connectivity index (χ1n) is 7.58. The van der Waals surface area contributed by atoms with Crippen LogP contribution in [0.25, 0.3) is 0 Å². The highest BCUT2D eigenvalue weighted by Crippen LogP contribution is 2.16. The minimum Gasteiger partial charge on any atom is -0.344 e. The summed E-state index contributed by atoms with van der Waals surface area (Å²) >= 11 is 6.02. The van der Waals surface area contributed by atoms with Crippen LogP contribution in [0, 0.1) is 0 Å². The molecular weight excluding hydrogens is 378 g/mol. The first-order chi connectivity index (χ1) is 12.5. The number of benzene rings is 2. The van der Waals surface area contributed by atoms with E-state index in [0.29, 0.717) is 5.02 Å². The third kappa shape index (κ3) is 4.27. The van der Waals surface area contributed by atoms with Crippen LogP contribution in [0.4, 0.5) is 0 Å². The molecule has 0 saturated carbocycles. The van der Waals surface area contributed by atoms with Gasteiger partial charge < -0.3 is 9.84 Å². The van der Waals surface area contributed by atoms with Gasteiger partial charge in [0.05, 0.1) is 4.90 Å². The summed E-state index contributed by atoms with van der Waals surface area (Å²) in [7, 11) is -3.62. The smallest absolute Gasteiger partial charge is 0.315 e. The number of rotatable bonds is 6. The van der Waals surface area contributed by atoms with E-state index in [9.17, 15) is 13.2 Å². The molecule has 0 fully saturated rings. The van der Waals surface area contributed by atoms with E-state index >= 15 is 0 Å². The molecule has 0 atom stereocenters. The van der Waals surface area contributed by atoms with Gasteiger partial charge in [-0.2, -0.15) is 4.98 Å². The molecule has 1 N–H and O–H groups in total. The van der Waals surface area contributed by atoms with E-state index in [2.05, 4.69) is 15.5 Å². The largest absolute Gasteiger partial charge is 0.344 e. The van der Waals surface area contributed by atoms with Gasteiger partial charge in [-0.1, -0.05) is 53.2 Å². The van der Waals surface area contributed by atoms with Crippen molar-refractivity contribution in [3.05, 3.63) is 76.9 Å². The summed E-state index contributed by atoms with van der Waals surface area (Å²) in [6.45, 7) is 0.179. The number of hydrogen-bond donors (Lipinski definition) is 1. The predicted octanol–water partition coefficient (Wildman–Crippen LogP) is 2.63. The van der Waals surface area contributed by atoms with E-state index < -0.39 is 21.5 Å². The van der Waals surface area contributed by atoms with Crippen LogP contribution in [-0.2, 0) is 22.1 Å². The lowest BCUT2D eigenvalue weighted by Gasteiger charge is -2.04. The summed E-state index contributed by atoms with van der Waals surface area (Å²) in [4.78, 5) is 16.1. The Morgan fingerprint density at radius 2 is 1.77 bits per heavy atom. The Morgan fingerprint density at radius 1 is 1.08 bits per heavy atom. The second-order valence-corrected chi connectivity index (χ2v) is 7.76. The Hall–Kier alpha value is -2.71. The molecule has 0 bridgehead atoms. The van der Waals surface area contributed by atoms with Crippen molar-refractivity contribution in [3.63, 3.8) is 0 Å². The van der Waals surface area contributed by atoms with Crippen LogP contribution >= 0.6 is 11.6 Å². The summed E-state index contributed by atoms with van der Waals surface area (Å²) < 4.78 is 29.4. The SMILES string of the molecule is O=C(NCc1ccccc1Cl)c1nc(CS(=O)(=O)c2ccccc2)no1. The highest BCUT2D eigenvalue weighted by atomic mass is 35.5. The van der Waals surface area contributed by atoms with Crippen LogP contribution in [0.15, 0.2) is 64.0 Å². The zero-order valence-electron chi connectivity index (χ0n) is 13.4. The molecule has 0 aliphatic heterocycles. The van der Waals surface area contributed by atoms with Crippen LogP contribution in [0.2, 0.25) is 5.02 Å². The first kappa shape index (κ1) is 18.1. The molecule has 1 amide bonds. The Bertz CT molecular complexity index is 1020. The van der Waals surface area contributed by atoms with Crippen molar-refractivity contribution in [1.29, 1.82) is 0 Å². The molecule has 0 spiro atoms. The van der Waals surface area contributed by atoms with Crippen molar-refractivity contribution in [2.75, 3.05) is 0 Å². The van der Waals surface area contributed by atoms with Crippen molar-refractivity contribution < 1.29 is 17.7 Å². The van der Waals surface area contributed by atoms with E-state index in [0.717, 1.165) is 5.56 Å². The molecule has 0 unspecified atom stereocenters. The van der Waals surface area contributed by atoms with Gasteiger partial charge in [0.25, 0.3) is 0 Å². The topological polar surface area (TPSA) is 102 Å². The molecule has 0 aliphatic rings. The van der Waals surface area contributed by atoms with Gasteiger partial charge in [0.1, 0.15) is 5.75 Å². The third-order valence-electron chi connectivity index (χ3n) is 3.48. The number of amides is 1. The number of halogens is 1. The molecule has 7 nitrogen and oxygen atoms in total. The fraction of sp³-hybridized carbons (Fsp3) is 0.118. The molecule has 1 aromatic heterocycles. The van der Waals surface area contributed by atoms with Gasteiger partial charge in [0.15, 0.2) is 15.7 Å². The number of hydrogen-bond acceptors (Lipinski definition) is 6. The van der Waals surface area contributed by atoms with Crippen molar-refractivity contribution >= 4 is 27.3 Å². The third-order valence-corrected chi connectivity index (χ3v) is 5.48. The monoisotopic (exact) mass is 391 g/mol. The minimum atomic E-state index is -3.62. The summed E-state index contributed by atoms with van der Waals surface area (Å²) in [6, 6.07) is 15.0. The second-order valence-electron chi connectivity index (χ2n) is 5.36. The van der Waals surface area contributed by atoms with Gasteiger partial charge in [-0.15, -0.1) is 0 Å². The van der Waals surface area contributed by atoms with E-state index in [4.69, 9.17) is 16.1 Å². The molecule has 134 valence electrons. The molecule has 9 heteroatoms. The number of aromatic nitrogens is 2. The van der Waals surface area contributed by atoms with E-state index in [1.54, 1.807) is 42.5 Å². The Morgan fingerprint density at radius 3 is 2.50 bits per heavy atom. The number of sulfone groups is 1. The average Bonchev–Trinajstić information content (AvgIpc) is 3.09. The fourth-order valence-electron chi connectivity index (χ4n) is 2.18. The van der Waals surface area contributed by atoms with Crippen molar-refractivity contribution in [2.45, 2.75) is 17.2 Å². The lowest BCUT2D eigenvalue weighted by Crippen LogP contribution is -2.23. The molecule has 2 aromatic carbocycles. The fourth-order valence-corrected chi connectivity index (χ4v) is 3.58. The van der Waals surface area contributed by atoms with Crippen molar-refractivity contribution in [1.82, 2.24) is 15.5 Å². The van der Waals surface area contributed by atoms with Gasteiger partial charge in [-0.25, -0.2) is 8.42 Å². The molecule has 0 saturated heterocycles. The zero-order chi connectivity index (χ0) is 18.6. The highest BCUT2D eigenvalue weighted by Gasteiger charge is 2.21. The maximum atomic E-state index is 12.3. The summed E-state index contributed by atoms with van der Waals surface area (Å²) in [6.07, 6.45) is 0. The number of nitrogens with one attached hydrogen (secondary N) is 1. The number of nitrogens with zero attached hydrogens (tertiary/aromatic N) is 2. The zero-order valence-corrected chi connectivity index (χ0v) is 15.0. The molecule has 26 heavy (non-hydrogen) atoms. The molecule has 0 aliphatic carbocycles. The minimum absolute atomic E-state index is 0.0863. The Labute approximate surface area is 154 Å². The van der Waals surface area contributed by atoms with E-state index in [1.807, 2.05) is 0 Å². The first-order valence-corrected chi connectivity index (χ1v) is 9.61. The number of carbonyl (C=O) groups excluding carboxylic acids is 1. The van der Waals surface area contributed by atoms with Gasteiger partial charge in [-0.3, -0.25) is 4.79 Å². The van der Waals surface area contributed by atoms with E-state index in [1.165, 1.54) is 12.1 Å². The molecule has 3 rings (SSSR count). The standard InChI is InChI=1S/C17H14ClN3O4S/c18-14-9-5-4-6-12(14)10-19-16(22)17-20-15(21-25-17)11-26(23,24)13-7-2-1-3-8-13/h1-9H,10-11H2,(H,19,22). The molecule has 1 heterocycles. The quantitative estimate of drug-likeness (QED) is 0.693. The van der Waals surface area contributed by atoms with Gasteiger partial charge >= 0.3 is 11.8 Å². The predicted molar refractivity (Wildman–Crippen MR) is 94.3 cm³/mol. The van der Waals surface area contributed by atoms with Crippen LogP contribution in [0.5, 0.6) is 0 Å². The maximum absolute atomic E-state index is 12.3. The average molecular weight is 392 g/mol. The Kier molecular flexibility index (Phi) is 5.34. The summed E-state index contributed by atoms with van der Waals surface area (Å²) in [5.41, 5.74) is 0.730. The van der Waals surface area contributed by atoms with Gasteiger partial charge in [-0.05, 0) is 23.8 Å². The van der Waals surface area contributed by atoms with Crippen LogP contribution in [0.1, 0.15) is 22.1 Å². The molecule has 3 aromatic rings. The highest BCUT2D eigenvalue weighted by molar-refractivity contribution is 7.90. The van der Waals surface area contributed by atoms with Gasteiger partial charge in [0, 0.05) is 11.6 Å². The molecular formula is C17H14ClN3O4S. The van der Waals surface area contributed by atoms with Gasteiger partial charge in [0.2, 0.25) is 0 Å². The molecule has 0 radical (unpaired) electrons. The lowest BCUT2D eigenvalue weighted by atomic mass is 10.2. The Balaban J connectivity index is 1.66. The maximum Gasteiger partial charge on any atom is 0.315 e.